The second kappa shape index (κ2) is 9.17. The standard InChI is InChI=1S/C28H28F2N6O4/c1-16(37)36-11-10-34(15-28(36)8-9-28)19-6-7-20-21(12-19)27(2,3)26(39)35(25(20)38)14-18-5-4-17(13-31-18)23-32-33-24(40-23)22(29)30/h4-7,12-13,22H,8-11,14-15H2,1-3H3. The number of benzene rings is 1. The molecule has 0 unspecified atom stereocenters. The van der Waals surface area contributed by atoms with E-state index < -0.39 is 23.6 Å². The van der Waals surface area contributed by atoms with E-state index in [0.717, 1.165) is 25.1 Å². The summed E-state index contributed by atoms with van der Waals surface area (Å²) in [6.45, 7) is 7.23. The molecule has 1 saturated carbocycles. The Morgan fingerprint density at radius 2 is 1.88 bits per heavy atom. The van der Waals surface area contributed by atoms with Crippen LogP contribution in [0.3, 0.4) is 0 Å². The van der Waals surface area contributed by atoms with Crippen molar-refractivity contribution in [3.05, 3.63) is 59.2 Å². The molecular formula is C28H28F2N6O4. The van der Waals surface area contributed by atoms with Gasteiger partial charge in [-0.25, -0.2) is 0 Å². The number of hydrogen-bond donors (Lipinski definition) is 0. The predicted molar refractivity (Wildman–Crippen MR) is 138 cm³/mol. The topological polar surface area (TPSA) is 113 Å². The zero-order valence-corrected chi connectivity index (χ0v) is 22.4. The highest BCUT2D eigenvalue weighted by molar-refractivity contribution is 6.13. The third-order valence-electron chi connectivity index (χ3n) is 8.17. The Labute approximate surface area is 229 Å². The average molecular weight is 551 g/mol. The second-order valence-electron chi connectivity index (χ2n) is 11.2. The molecule has 1 aliphatic carbocycles. The third-order valence-corrected chi connectivity index (χ3v) is 8.17. The van der Waals surface area contributed by atoms with Gasteiger partial charge in [0, 0.05) is 44.0 Å². The molecule has 10 nitrogen and oxygen atoms in total. The lowest BCUT2D eigenvalue weighted by atomic mass is 9.77. The van der Waals surface area contributed by atoms with Crippen molar-refractivity contribution in [1.29, 1.82) is 0 Å². The fourth-order valence-corrected chi connectivity index (χ4v) is 5.77. The summed E-state index contributed by atoms with van der Waals surface area (Å²) in [4.78, 5) is 48.9. The first-order valence-electron chi connectivity index (χ1n) is 13.1. The van der Waals surface area contributed by atoms with Crippen LogP contribution in [0.25, 0.3) is 11.5 Å². The van der Waals surface area contributed by atoms with Gasteiger partial charge in [-0.2, -0.15) is 8.78 Å². The number of aromatic nitrogens is 3. The van der Waals surface area contributed by atoms with E-state index in [9.17, 15) is 23.2 Å². The van der Waals surface area contributed by atoms with Crippen LogP contribution in [0.2, 0.25) is 0 Å². The fraction of sp³-hybridized carbons (Fsp3) is 0.429. The van der Waals surface area contributed by atoms with E-state index in [4.69, 9.17) is 4.42 Å². The molecule has 1 spiro atoms. The summed E-state index contributed by atoms with van der Waals surface area (Å²) in [6.07, 6.45) is 0.456. The third kappa shape index (κ3) is 4.22. The minimum atomic E-state index is -2.88. The van der Waals surface area contributed by atoms with E-state index in [1.807, 2.05) is 17.0 Å². The van der Waals surface area contributed by atoms with Crippen LogP contribution in [0.15, 0.2) is 40.9 Å². The second-order valence-corrected chi connectivity index (χ2v) is 11.2. The number of amides is 3. The van der Waals surface area contributed by atoms with Crippen LogP contribution in [0, 0.1) is 0 Å². The zero-order valence-electron chi connectivity index (χ0n) is 22.4. The van der Waals surface area contributed by atoms with Crippen molar-refractivity contribution in [2.45, 2.75) is 57.5 Å². The molecule has 2 aliphatic heterocycles. The molecule has 4 heterocycles. The quantitative estimate of drug-likeness (QED) is 0.442. The van der Waals surface area contributed by atoms with Crippen LogP contribution in [-0.2, 0) is 21.5 Å². The lowest BCUT2D eigenvalue weighted by Crippen LogP contribution is -2.56. The summed E-state index contributed by atoms with van der Waals surface area (Å²) in [5.41, 5.74) is 1.76. The van der Waals surface area contributed by atoms with Gasteiger partial charge in [-0.15, -0.1) is 10.2 Å². The maximum absolute atomic E-state index is 13.6. The number of carbonyl (C=O) groups is 3. The van der Waals surface area contributed by atoms with Crippen molar-refractivity contribution in [2.24, 2.45) is 0 Å². The van der Waals surface area contributed by atoms with Gasteiger partial charge in [0.1, 0.15) is 0 Å². The molecule has 1 saturated heterocycles. The minimum absolute atomic E-state index is 0.0514. The number of rotatable bonds is 5. The van der Waals surface area contributed by atoms with Gasteiger partial charge in [0.25, 0.3) is 11.8 Å². The summed E-state index contributed by atoms with van der Waals surface area (Å²) < 4.78 is 30.5. The van der Waals surface area contributed by atoms with Crippen LogP contribution >= 0.6 is 0 Å². The van der Waals surface area contributed by atoms with Crippen LogP contribution in [0.5, 0.6) is 0 Å². The molecule has 0 bridgehead atoms. The molecule has 208 valence electrons. The lowest BCUT2D eigenvalue weighted by Gasteiger charge is -2.43. The first-order chi connectivity index (χ1) is 19.0. The first-order valence-corrected chi connectivity index (χ1v) is 13.1. The number of anilines is 1. The molecule has 1 aromatic carbocycles. The number of carbonyl (C=O) groups excluding carboxylic acids is 3. The molecule has 2 fully saturated rings. The average Bonchev–Trinajstić information content (AvgIpc) is 3.49. The molecule has 6 rings (SSSR count). The number of fused-ring (bicyclic) bond motifs is 1. The molecule has 0 radical (unpaired) electrons. The van der Waals surface area contributed by atoms with Crippen LogP contribution in [0.1, 0.15) is 67.5 Å². The number of alkyl halides is 2. The van der Waals surface area contributed by atoms with Crippen molar-refractivity contribution in [2.75, 3.05) is 24.5 Å². The molecule has 3 aliphatic rings. The maximum atomic E-state index is 13.6. The van der Waals surface area contributed by atoms with Gasteiger partial charge in [-0.3, -0.25) is 24.3 Å². The SMILES string of the molecule is CC(=O)N1CCN(c2ccc3c(c2)C(C)(C)C(=O)N(Cc2ccc(-c4nnc(C(F)F)o4)cn2)C3=O)CC12CC2. The summed E-state index contributed by atoms with van der Waals surface area (Å²) in [6, 6.07) is 8.77. The van der Waals surface area contributed by atoms with Crippen LogP contribution < -0.4 is 4.90 Å². The Morgan fingerprint density at radius 3 is 2.50 bits per heavy atom. The van der Waals surface area contributed by atoms with E-state index in [1.54, 1.807) is 39.0 Å². The van der Waals surface area contributed by atoms with Crippen LogP contribution in [0.4, 0.5) is 14.5 Å². The highest BCUT2D eigenvalue weighted by Gasteiger charge is 2.52. The van der Waals surface area contributed by atoms with Gasteiger partial charge in [0.2, 0.25) is 17.7 Å². The van der Waals surface area contributed by atoms with E-state index >= 15 is 0 Å². The normalized spacial score (nSPS) is 19.4. The van der Waals surface area contributed by atoms with Crippen molar-refractivity contribution in [3.8, 4) is 11.5 Å². The van der Waals surface area contributed by atoms with Crippen molar-refractivity contribution >= 4 is 23.4 Å². The Morgan fingerprint density at radius 1 is 1.10 bits per heavy atom. The van der Waals surface area contributed by atoms with Crippen molar-refractivity contribution in [3.63, 3.8) is 0 Å². The van der Waals surface area contributed by atoms with Gasteiger partial charge >= 0.3 is 6.43 Å². The maximum Gasteiger partial charge on any atom is 0.314 e. The van der Waals surface area contributed by atoms with Crippen molar-refractivity contribution < 1.29 is 27.6 Å². The molecule has 40 heavy (non-hydrogen) atoms. The molecule has 12 heteroatoms. The Kier molecular flexibility index (Phi) is 5.97. The first kappa shape index (κ1) is 26.0. The highest BCUT2D eigenvalue weighted by Crippen LogP contribution is 2.46. The van der Waals surface area contributed by atoms with E-state index in [0.29, 0.717) is 35.5 Å². The molecule has 3 amide bonds. The number of hydrogen-bond acceptors (Lipinski definition) is 8. The van der Waals surface area contributed by atoms with E-state index in [2.05, 4.69) is 20.1 Å². The summed E-state index contributed by atoms with van der Waals surface area (Å²) in [5, 5.41) is 6.92. The van der Waals surface area contributed by atoms with Gasteiger partial charge in [-0.1, -0.05) is 0 Å². The molecule has 0 atom stereocenters. The predicted octanol–water partition coefficient (Wildman–Crippen LogP) is 3.73. The van der Waals surface area contributed by atoms with Crippen molar-refractivity contribution in [1.82, 2.24) is 25.0 Å². The number of pyridine rings is 1. The monoisotopic (exact) mass is 550 g/mol. The lowest BCUT2D eigenvalue weighted by molar-refractivity contribution is -0.135. The van der Waals surface area contributed by atoms with Gasteiger partial charge < -0.3 is 14.2 Å². The summed E-state index contributed by atoms with van der Waals surface area (Å²) >= 11 is 0. The highest BCUT2D eigenvalue weighted by atomic mass is 19.3. The Balaban J connectivity index is 1.22. The van der Waals surface area contributed by atoms with Gasteiger partial charge in [0.05, 0.1) is 28.8 Å². The van der Waals surface area contributed by atoms with Crippen LogP contribution in [-0.4, -0.2) is 67.9 Å². The van der Waals surface area contributed by atoms with E-state index in [1.165, 1.54) is 11.1 Å². The summed E-state index contributed by atoms with van der Waals surface area (Å²) in [5.74, 6) is -1.53. The smallest absolute Gasteiger partial charge is 0.314 e. The van der Waals surface area contributed by atoms with Gasteiger partial charge in [-0.05, 0) is 62.6 Å². The minimum Gasteiger partial charge on any atom is -0.415 e. The fourth-order valence-electron chi connectivity index (χ4n) is 5.77. The summed E-state index contributed by atoms with van der Waals surface area (Å²) in [7, 11) is 0. The number of imide groups is 1. The van der Waals surface area contributed by atoms with E-state index in [-0.39, 0.29) is 29.8 Å². The largest absolute Gasteiger partial charge is 0.415 e. The molecule has 3 aromatic rings. The number of nitrogens with zero attached hydrogens (tertiary/aromatic N) is 6. The Bertz CT molecular complexity index is 1520. The number of piperazine rings is 1. The molecule has 2 aromatic heterocycles. The van der Waals surface area contributed by atoms with Gasteiger partial charge in [0.15, 0.2) is 0 Å². The Hall–Kier alpha value is -4.22. The molecular weight excluding hydrogens is 522 g/mol. The zero-order chi connectivity index (χ0) is 28.4. The molecule has 0 N–H and O–H groups in total. The number of halogens is 2.